The van der Waals surface area contributed by atoms with Crippen molar-refractivity contribution >= 4 is 67.6 Å². The minimum absolute atomic E-state index is 0. The molecule has 0 atom stereocenters. The van der Waals surface area contributed by atoms with Gasteiger partial charge in [-0.05, 0) is 30.3 Å². The Bertz CT molecular complexity index is 1350. The predicted octanol–water partition coefficient (Wildman–Crippen LogP) is 4.46. The summed E-state index contributed by atoms with van der Waals surface area (Å²) in [5.41, 5.74) is 0.532. The number of halogens is 2. The lowest BCUT2D eigenvalue weighted by Crippen LogP contribution is -2.44. The number of benzene rings is 2. The molecule has 0 radical (unpaired) electrons. The number of aromatic nitrogens is 1. The summed E-state index contributed by atoms with van der Waals surface area (Å²) in [6.45, 7) is 3.97. The summed E-state index contributed by atoms with van der Waals surface area (Å²) < 4.78 is 11.7. The quantitative estimate of drug-likeness (QED) is 0.372. The number of para-hydroxylation sites is 1. The predicted molar refractivity (Wildman–Crippen MR) is 133 cm³/mol. The molecule has 172 valence electrons. The highest BCUT2D eigenvalue weighted by molar-refractivity contribution is 7.22. The van der Waals surface area contributed by atoms with E-state index in [-0.39, 0.29) is 18.0 Å². The Morgan fingerprint density at radius 1 is 1.15 bits per heavy atom. The second-order valence-electron chi connectivity index (χ2n) is 7.50. The van der Waals surface area contributed by atoms with Crippen LogP contribution in [0.2, 0.25) is 5.02 Å². The molecule has 0 bridgehead atoms. The molecule has 0 N–H and O–H groups in total. The van der Waals surface area contributed by atoms with Gasteiger partial charge in [-0.3, -0.25) is 14.6 Å². The van der Waals surface area contributed by atoms with E-state index in [9.17, 15) is 9.59 Å². The van der Waals surface area contributed by atoms with E-state index in [2.05, 4.69) is 9.88 Å². The molecule has 1 fully saturated rings. The summed E-state index contributed by atoms with van der Waals surface area (Å²) in [6.07, 6.45) is 0. The molecule has 3 heterocycles. The van der Waals surface area contributed by atoms with Crippen molar-refractivity contribution in [3.8, 4) is 0 Å². The van der Waals surface area contributed by atoms with Crippen LogP contribution in [0.15, 0.2) is 57.7 Å². The van der Waals surface area contributed by atoms with Crippen LogP contribution in [-0.2, 0) is 4.74 Å². The van der Waals surface area contributed by atoms with Gasteiger partial charge in [0.15, 0.2) is 5.13 Å². The van der Waals surface area contributed by atoms with Crippen LogP contribution in [0.3, 0.4) is 0 Å². The third kappa shape index (κ3) is 5.05. The van der Waals surface area contributed by atoms with Crippen LogP contribution in [0.5, 0.6) is 0 Å². The first kappa shape index (κ1) is 23.7. The fraction of sp³-hybridized carbons (Fsp3) is 0.261. The molecule has 1 aliphatic heterocycles. The second-order valence-corrected chi connectivity index (χ2v) is 8.95. The molecule has 2 aromatic heterocycles. The third-order valence-electron chi connectivity index (χ3n) is 5.43. The SMILES string of the molecule is Cl.O=C(c1cc2ccccc2oc1=O)N(CCN1CCOCC1)c1nc2ccc(Cl)cc2s1. The van der Waals surface area contributed by atoms with Crippen LogP contribution in [0.4, 0.5) is 5.13 Å². The lowest BCUT2D eigenvalue weighted by atomic mass is 10.1. The Kier molecular flexibility index (Phi) is 7.31. The van der Waals surface area contributed by atoms with Gasteiger partial charge >= 0.3 is 5.63 Å². The van der Waals surface area contributed by atoms with Gasteiger partial charge < -0.3 is 9.15 Å². The van der Waals surface area contributed by atoms with Gasteiger partial charge in [0, 0.05) is 36.6 Å². The molecule has 0 saturated carbocycles. The monoisotopic (exact) mass is 505 g/mol. The maximum absolute atomic E-state index is 13.6. The van der Waals surface area contributed by atoms with E-state index in [1.165, 1.54) is 11.3 Å². The van der Waals surface area contributed by atoms with E-state index in [0.717, 1.165) is 23.3 Å². The first-order valence-electron chi connectivity index (χ1n) is 10.3. The van der Waals surface area contributed by atoms with Gasteiger partial charge in [-0.2, -0.15) is 0 Å². The van der Waals surface area contributed by atoms with Gasteiger partial charge in [-0.15, -0.1) is 12.4 Å². The van der Waals surface area contributed by atoms with Crippen LogP contribution in [0.1, 0.15) is 10.4 Å². The van der Waals surface area contributed by atoms with E-state index in [1.807, 2.05) is 24.3 Å². The number of ether oxygens (including phenoxy) is 1. The smallest absolute Gasteiger partial charge is 0.349 e. The Balaban J connectivity index is 0.00000259. The molecule has 33 heavy (non-hydrogen) atoms. The van der Waals surface area contributed by atoms with Crippen LogP contribution in [-0.4, -0.2) is 55.2 Å². The minimum Gasteiger partial charge on any atom is -0.422 e. The van der Waals surface area contributed by atoms with Crippen LogP contribution in [0.25, 0.3) is 21.2 Å². The van der Waals surface area contributed by atoms with E-state index in [1.54, 1.807) is 29.2 Å². The molecule has 1 saturated heterocycles. The molecular formula is C23H21Cl2N3O4S. The number of nitrogens with zero attached hydrogens (tertiary/aromatic N) is 3. The molecule has 0 aliphatic carbocycles. The number of carbonyl (C=O) groups excluding carboxylic acids is 1. The van der Waals surface area contributed by atoms with Crippen molar-refractivity contribution in [2.45, 2.75) is 0 Å². The number of morpholine rings is 1. The van der Waals surface area contributed by atoms with Crippen molar-refractivity contribution in [2.24, 2.45) is 0 Å². The molecule has 7 nitrogen and oxygen atoms in total. The zero-order valence-corrected chi connectivity index (χ0v) is 19.9. The average molecular weight is 506 g/mol. The number of anilines is 1. The van der Waals surface area contributed by atoms with Crippen molar-refractivity contribution < 1.29 is 13.9 Å². The number of hydrogen-bond acceptors (Lipinski definition) is 7. The van der Waals surface area contributed by atoms with Crippen molar-refractivity contribution in [1.82, 2.24) is 9.88 Å². The van der Waals surface area contributed by atoms with Crippen molar-refractivity contribution in [3.05, 3.63) is 69.5 Å². The summed E-state index contributed by atoms with van der Waals surface area (Å²) >= 11 is 7.50. The van der Waals surface area contributed by atoms with Gasteiger partial charge in [0.25, 0.3) is 5.91 Å². The fourth-order valence-electron chi connectivity index (χ4n) is 3.71. The topological polar surface area (TPSA) is 75.9 Å². The zero-order valence-electron chi connectivity index (χ0n) is 17.5. The van der Waals surface area contributed by atoms with Gasteiger partial charge in [0.05, 0.1) is 23.4 Å². The van der Waals surface area contributed by atoms with Crippen LogP contribution < -0.4 is 10.5 Å². The second kappa shape index (κ2) is 10.2. The minimum atomic E-state index is -0.658. The maximum atomic E-state index is 13.6. The molecule has 5 rings (SSSR count). The van der Waals surface area contributed by atoms with Gasteiger partial charge in [0.2, 0.25) is 0 Å². The number of thiazole rings is 1. The van der Waals surface area contributed by atoms with E-state index < -0.39 is 11.5 Å². The van der Waals surface area contributed by atoms with E-state index in [4.69, 9.17) is 20.8 Å². The summed E-state index contributed by atoms with van der Waals surface area (Å²) in [7, 11) is 0. The third-order valence-corrected chi connectivity index (χ3v) is 6.71. The number of hydrogen-bond donors (Lipinski definition) is 0. The molecule has 0 unspecified atom stereocenters. The number of rotatable bonds is 5. The Morgan fingerprint density at radius 3 is 2.76 bits per heavy atom. The average Bonchev–Trinajstić information content (AvgIpc) is 3.22. The van der Waals surface area contributed by atoms with Crippen molar-refractivity contribution in [3.63, 3.8) is 0 Å². The lowest BCUT2D eigenvalue weighted by molar-refractivity contribution is 0.0391. The molecular weight excluding hydrogens is 485 g/mol. The summed E-state index contributed by atoms with van der Waals surface area (Å²) in [5, 5.41) is 1.82. The molecule has 10 heteroatoms. The summed E-state index contributed by atoms with van der Waals surface area (Å²) in [4.78, 5) is 34.7. The lowest BCUT2D eigenvalue weighted by Gasteiger charge is -2.29. The number of fused-ring (bicyclic) bond motifs is 2. The standard InChI is InChI=1S/C23H20ClN3O4S.ClH/c24-16-5-6-18-20(14-16)32-23(25-18)27(8-7-26-9-11-30-12-10-26)21(28)17-13-15-3-1-2-4-19(15)31-22(17)29;/h1-6,13-14H,7-12H2;1H. The summed E-state index contributed by atoms with van der Waals surface area (Å²) in [6, 6.07) is 14.2. The van der Waals surface area contributed by atoms with Gasteiger partial charge in [-0.1, -0.05) is 41.1 Å². The van der Waals surface area contributed by atoms with E-state index in [0.29, 0.717) is 47.4 Å². The Hall–Kier alpha value is -2.49. The van der Waals surface area contributed by atoms with Crippen molar-refractivity contribution in [2.75, 3.05) is 44.3 Å². The summed E-state index contributed by atoms with van der Waals surface area (Å²) in [5.74, 6) is -0.428. The van der Waals surface area contributed by atoms with E-state index >= 15 is 0 Å². The Labute approximate surface area is 204 Å². The normalized spacial score (nSPS) is 14.3. The van der Waals surface area contributed by atoms with Gasteiger partial charge in [-0.25, -0.2) is 9.78 Å². The highest BCUT2D eigenvalue weighted by Gasteiger charge is 2.26. The largest absolute Gasteiger partial charge is 0.422 e. The van der Waals surface area contributed by atoms with Crippen molar-refractivity contribution in [1.29, 1.82) is 0 Å². The number of amides is 1. The zero-order chi connectivity index (χ0) is 22.1. The first-order chi connectivity index (χ1) is 15.6. The number of carbonyl (C=O) groups is 1. The molecule has 1 aliphatic rings. The highest BCUT2D eigenvalue weighted by atomic mass is 35.5. The molecule has 4 aromatic rings. The first-order valence-corrected chi connectivity index (χ1v) is 11.5. The van der Waals surface area contributed by atoms with Crippen LogP contribution in [0, 0.1) is 0 Å². The fourth-order valence-corrected chi connectivity index (χ4v) is 4.97. The van der Waals surface area contributed by atoms with Crippen LogP contribution >= 0.6 is 35.3 Å². The maximum Gasteiger partial charge on any atom is 0.349 e. The molecule has 2 aromatic carbocycles. The molecule has 0 spiro atoms. The van der Waals surface area contributed by atoms with Gasteiger partial charge in [0.1, 0.15) is 11.1 Å². The molecule has 1 amide bonds. The highest BCUT2D eigenvalue weighted by Crippen LogP contribution is 2.31. The Morgan fingerprint density at radius 2 is 1.94 bits per heavy atom.